The predicted molar refractivity (Wildman–Crippen MR) is 32.1 cm³/mol. The molecule has 85 valence electrons. The van der Waals surface area contributed by atoms with Crippen LogP contribution in [0.1, 0.15) is 0 Å². The van der Waals surface area contributed by atoms with Crippen LogP contribution >= 0.6 is 0 Å². The Morgan fingerprint density at radius 2 is 1.36 bits per heavy atom. The van der Waals surface area contributed by atoms with Crippen LogP contribution < -0.4 is 0 Å². The lowest BCUT2D eigenvalue weighted by Crippen LogP contribution is -2.54. The van der Waals surface area contributed by atoms with E-state index in [1.54, 1.807) is 0 Å². The molecule has 0 bridgehead atoms. The van der Waals surface area contributed by atoms with Gasteiger partial charge in [0, 0.05) is 6.61 Å². The fourth-order valence-corrected chi connectivity index (χ4v) is 0.498. The molecule has 0 heterocycles. The van der Waals surface area contributed by atoms with Crippen molar-refractivity contribution >= 4 is 0 Å². The first-order chi connectivity index (χ1) is 6.06. The van der Waals surface area contributed by atoms with Crippen molar-refractivity contribution in [3.05, 3.63) is 6.92 Å². The molecule has 0 fully saturated rings. The largest absolute Gasteiger partial charge is 0.459 e. The summed E-state index contributed by atoms with van der Waals surface area (Å²) in [5, 5.41) is 0. The quantitative estimate of drug-likeness (QED) is 0.671. The summed E-state index contributed by atoms with van der Waals surface area (Å²) in [6.07, 6.45) is -6.30. The van der Waals surface area contributed by atoms with E-state index in [1.165, 1.54) is 0 Å². The average molecular weight is 227 g/mol. The number of alkyl halides is 7. The summed E-state index contributed by atoms with van der Waals surface area (Å²) < 4.78 is 86.7. The standard InChI is InChI=1S/C6H6F7O/c1-2-14-3-4(7,8)5(9,10)6(11,12)13/h1-3H2. The summed E-state index contributed by atoms with van der Waals surface area (Å²) in [4.78, 5) is 0. The molecular weight excluding hydrogens is 221 g/mol. The Morgan fingerprint density at radius 1 is 0.929 bits per heavy atom. The van der Waals surface area contributed by atoms with Crippen LogP contribution in [-0.4, -0.2) is 31.2 Å². The summed E-state index contributed by atoms with van der Waals surface area (Å²) in [5.41, 5.74) is 0. The first-order valence-corrected chi connectivity index (χ1v) is 3.25. The number of ether oxygens (including phenoxy) is 1. The number of halogens is 7. The smallest absolute Gasteiger partial charge is 0.375 e. The molecule has 0 aromatic heterocycles. The van der Waals surface area contributed by atoms with E-state index in [0.29, 0.717) is 0 Å². The third-order valence-corrected chi connectivity index (χ3v) is 1.24. The van der Waals surface area contributed by atoms with Crippen LogP contribution in [0.4, 0.5) is 30.7 Å². The molecule has 14 heavy (non-hydrogen) atoms. The van der Waals surface area contributed by atoms with Gasteiger partial charge in [0.05, 0.1) is 0 Å². The zero-order valence-corrected chi connectivity index (χ0v) is 6.68. The molecule has 0 aromatic rings. The molecule has 0 aliphatic heterocycles. The maximum Gasteiger partial charge on any atom is 0.459 e. The van der Waals surface area contributed by atoms with Crippen LogP contribution in [0.3, 0.4) is 0 Å². The Labute approximate surface area is 74.8 Å². The summed E-state index contributed by atoms with van der Waals surface area (Å²) in [7, 11) is 0. The minimum absolute atomic E-state index is 0.622. The maximum absolute atomic E-state index is 12.3. The maximum atomic E-state index is 12.3. The van der Waals surface area contributed by atoms with Crippen molar-refractivity contribution in [2.45, 2.75) is 18.0 Å². The fraction of sp³-hybridized carbons (Fsp3) is 0.833. The zero-order valence-electron chi connectivity index (χ0n) is 6.68. The minimum atomic E-state index is -6.30. The van der Waals surface area contributed by atoms with Gasteiger partial charge in [0.25, 0.3) is 0 Å². The van der Waals surface area contributed by atoms with Crippen LogP contribution in [0.25, 0.3) is 0 Å². The number of hydrogen-bond acceptors (Lipinski definition) is 1. The molecule has 1 radical (unpaired) electrons. The molecule has 0 amide bonds. The van der Waals surface area contributed by atoms with Gasteiger partial charge in [-0.1, -0.05) is 0 Å². The second-order valence-electron chi connectivity index (χ2n) is 2.33. The first-order valence-electron chi connectivity index (χ1n) is 3.25. The van der Waals surface area contributed by atoms with E-state index in [-0.39, 0.29) is 0 Å². The van der Waals surface area contributed by atoms with Crippen LogP contribution in [0.2, 0.25) is 0 Å². The van der Waals surface area contributed by atoms with Gasteiger partial charge < -0.3 is 4.74 Å². The van der Waals surface area contributed by atoms with Crippen molar-refractivity contribution < 1.29 is 35.5 Å². The molecule has 0 rings (SSSR count). The van der Waals surface area contributed by atoms with E-state index in [4.69, 9.17) is 0 Å². The van der Waals surface area contributed by atoms with Gasteiger partial charge in [-0.25, -0.2) is 0 Å². The first kappa shape index (κ1) is 13.5. The summed E-state index contributed by atoms with van der Waals surface area (Å²) in [5.74, 6) is -11.4. The number of rotatable bonds is 4. The Balaban J connectivity index is 4.69. The van der Waals surface area contributed by atoms with Gasteiger partial charge in [-0.05, 0) is 6.92 Å². The topological polar surface area (TPSA) is 9.23 Å². The van der Waals surface area contributed by atoms with Gasteiger partial charge >= 0.3 is 18.0 Å². The van der Waals surface area contributed by atoms with E-state index in [2.05, 4.69) is 11.7 Å². The highest BCUT2D eigenvalue weighted by atomic mass is 19.4. The van der Waals surface area contributed by atoms with Gasteiger partial charge in [-0.15, -0.1) is 0 Å². The Bertz CT molecular complexity index is 185. The molecule has 1 nitrogen and oxygen atoms in total. The van der Waals surface area contributed by atoms with Gasteiger partial charge in [-0.2, -0.15) is 30.7 Å². The normalized spacial score (nSPS) is 14.6. The van der Waals surface area contributed by atoms with Crippen molar-refractivity contribution in [1.82, 2.24) is 0 Å². The highest BCUT2D eigenvalue weighted by Crippen LogP contribution is 2.46. The van der Waals surface area contributed by atoms with Gasteiger partial charge in [-0.3, -0.25) is 0 Å². The van der Waals surface area contributed by atoms with Crippen LogP contribution in [0.15, 0.2) is 0 Å². The van der Waals surface area contributed by atoms with Crippen LogP contribution in [0.5, 0.6) is 0 Å². The Kier molecular flexibility index (Phi) is 3.77. The molecule has 0 aliphatic carbocycles. The predicted octanol–water partition coefficient (Wildman–Crippen LogP) is 2.67. The van der Waals surface area contributed by atoms with Crippen LogP contribution in [-0.2, 0) is 4.74 Å². The summed E-state index contributed by atoms with van der Waals surface area (Å²) in [6, 6.07) is 0. The second kappa shape index (κ2) is 3.92. The van der Waals surface area contributed by atoms with Crippen molar-refractivity contribution in [2.24, 2.45) is 0 Å². The molecular formula is C6H6F7O. The van der Waals surface area contributed by atoms with Crippen molar-refractivity contribution in [3.63, 3.8) is 0 Å². The molecule has 0 saturated carbocycles. The lowest BCUT2D eigenvalue weighted by atomic mass is 10.2. The van der Waals surface area contributed by atoms with E-state index in [0.717, 1.165) is 0 Å². The molecule has 0 unspecified atom stereocenters. The highest BCUT2D eigenvalue weighted by Gasteiger charge is 2.72. The van der Waals surface area contributed by atoms with E-state index in [9.17, 15) is 30.7 Å². The third-order valence-electron chi connectivity index (χ3n) is 1.24. The van der Waals surface area contributed by atoms with E-state index >= 15 is 0 Å². The summed E-state index contributed by atoms with van der Waals surface area (Å²) >= 11 is 0. The fourth-order valence-electron chi connectivity index (χ4n) is 0.498. The Hall–Kier alpha value is -0.530. The minimum Gasteiger partial charge on any atom is -0.375 e. The van der Waals surface area contributed by atoms with Crippen LogP contribution in [0, 0.1) is 6.92 Å². The second-order valence-corrected chi connectivity index (χ2v) is 2.33. The summed E-state index contributed by atoms with van der Waals surface area (Å²) in [6.45, 7) is 0.205. The van der Waals surface area contributed by atoms with Crippen molar-refractivity contribution in [1.29, 1.82) is 0 Å². The molecule has 0 N–H and O–H groups in total. The van der Waals surface area contributed by atoms with E-state index in [1.807, 2.05) is 0 Å². The lowest BCUT2D eigenvalue weighted by Gasteiger charge is -2.27. The van der Waals surface area contributed by atoms with E-state index < -0.39 is 31.2 Å². The average Bonchev–Trinajstić information content (AvgIpc) is 1.98. The van der Waals surface area contributed by atoms with Gasteiger partial charge in [0.15, 0.2) is 0 Å². The van der Waals surface area contributed by atoms with Gasteiger partial charge in [0.2, 0.25) is 0 Å². The Morgan fingerprint density at radius 3 is 1.64 bits per heavy atom. The number of hydrogen-bond donors (Lipinski definition) is 0. The molecule has 8 heteroatoms. The zero-order chi connectivity index (χ0) is 11.6. The lowest BCUT2D eigenvalue weighted by molar-refractivity contribution is -0.361. The molecule has 0 spiro atoms. The third kappa shape index (κ3) is 2.49. The molecule has 0 atom stereocenters. The van der Waals surface area contributed by atoms with Crippen molar-refractivity contribution in [2.75, 3.05) is 13.2 Å². The molecule has 0 aliphatic rings. The highest BCUT2D eigenvalue weighted by molar-refractivity contribution is 4.90. The van der Waals surface area contributed by atoms with Gasteiger partial charge in [0.1, 0.15) is 6.61 Å². The monoisotopic (exact) mass is 227 g/mol. The molecule has 0 saturated heterocycles. The van der Waals surface area contributed by atoms with Crippen molar-refractivity contribution in [3.8, 4) is 0 Å². The molecule has 0 aromatic carbocycles. The SMILES string of the molecule is [CH2]COCC(F)(F)C(F)(F)C(F)(F)F.